The van der Waals surface area contributed by atoms with Crippen LogP contribution in [0.4, 0.5) is 0 Å². The molecule has 78 valence electrons. The van der Waals surface area contributed by atoms with Crippen LogP contribution in [0, 0.1) is 11.3 Å². The molecule has 0 fully saturated rings. The highest BCUT2D eigenvalue weighted by Gasteiger charge is 2.38. The van der Waals surface area contributed by atoms with E-state index in [4.69, 9.17) is 23.2 Å². The average molecular weight is 233 g/mol. The minimum absolute atomic E-state index is 0.0306. The first kappa shape index (κ1) is 11.8. The molecule has 0 saturated carbocycles. The van der Waals surface area contributed by atoms with Crippen molar-refractivity contribution in [3.63, 3.8) is 0 Å². The summed E-state index contributed by atoms with van der Waals surface area (Å²) in [7, 11) is 0. The third-order valence-corrected chi connectivity index (χ3v) is 3.45. The van der Waals surface area contributed by atoms with Crippen molar-refractivity contribution in [3.8, 4) is 0 Å². The number of rotatable bonds is 2. The Hall–Kier alpha value is -0.270. The van der Waals surface area contributed by atoms with Crippen molar-refractivity contribution in [2.75, 3.05) is 0 Å². The van der Waals surface area contributed by atoms with E-state index < -0.39 is 10.3 Å². The molecule has 0 N–H and O–H groups in total. The van der Waals surface area contributed by atoms with Crippen molar-refractivity contribution in [1.29, 1.82) is 0 Å². The molecule has 0 aliphatic heterocycles. The van der Waals surface area contributed by atoms with Gasteiger partial charge in [0.1, 0.15) is 4.84 Å². The Balaban J connectivity index is 3.08. The van der Waals surface area contributed by atoms with Crippen LogP contribution < -0.4 is 0 Å². The zero-order valence-electron chi connectivity index (χ0n) is 8.55. The van der Waals surface area contributed by atoms with E-state index in [9.17, 15) is 4.79 Å². The van der Waals surface area contributed by atoms with Gasteiger partial charge in [-0.15, -0.1) is 23.2 Å². The van der Waals surface area contributed by atoms with Gasteiger partial charge in [-0.05, 0) is 24.5 Å². The molecule has 0 aromatic heterocycles. The van der Waals surface area contributed by atoms with Gasteiger partial charge in [-0.2, -0.15) is 0 Å². The Morgan fingerprint density at radius 1 is 1.29 bits per heavy atom. The molecule has 0 amide bonds. The van der Waals surface area contributed by atoms with E-state index in [1.807, 2.05) is 12.2 Å². The zero-order valence-corrected chi connectivity index (χ0v) is 10.1. The van der Waals surface area contributed by atoms with Crippen molar-refractivity contribution in [1.82, 2.24) is 0 Å². The van der Waals surface area contributed by atoms with Gasteiger partial charge in [0.2, 0.25) is 0 Å². The monoisotopic (exact) mass is 232 g/mol. The molecule has 0 bridgehead atoms. The van der Waals surface area contributed by atoms with Crippen LogP contribution >= 0.6 is 23.2 Å². The van der Waals surface area contributed by atoms with Crippen molar-refractivity contribution < 1.29 is 4.79 Å². The van der Waals surface area contributed by atoms with Crippen LogP contribution in [-0.4, -0.2) is 10.6 Å². The van der Waals surface area contributed by atoms with Gasteiger partial charge in [-0.1, -0.05) is 26.0 Å². The molecular formula is C11H14Cl2O. The maximum Gasteiger partial charge on any atom is 0.168 e. The van der Waals surface area contributed by atoms with Gasteiger partial charge in [0.15, 0.2) is 5.78 Å². The van der Waals surface area contributed by atoms with Gasteiger partial charge in [-0.3, -0.25) is 4.79 Å². The first-order chi connectivity index (χ1) is 6.38. The van der Waals surface area contributed by atoms with E-state index in [2.05, 4.69) is 13.8 Å². The summed E-state index contributed by atoms with van der Waals surface area (Å²) in [6.07, 6.45) is 5.28. The number of carbonyl (C=O) groups is 1. The van der Waals surface area contributed by atoms with Crippen LogP contribution in [0.25, 0.3) is 0 Å². The van der Waals surface area contributed by atoms with E-state index in [1.54, 1.807) is 13.0 Å². The molecule has 0 aromatic rings. The summed E-state index contributed by atoms with van der Waals surface area (Å²) in [6, 6.07) is 0. The smallest absolute Gasteiger partial charge is 0.168 e. The second-order valence-corrected chi connectivity index (χ2v) is 5.18. The zero-order chi connectivity index (χ0) is 10.9. The Morgan fingerprint density at radius 3 is 2.29 bits per heavy atom. The predicted molar refractivity (Wildman–Crippen MR) is 60.7 cm³/mol. The summed E-state index contributed by atoms with van der Waals surface area (Å²) in [5.41, 5.74) is 0.343. The van der Waals surface area contributed by atoms with Crippen LogP contribution in [0.2, 0.25) is 0 Å². The minimum atomic E-state index is -0.766. The van der Waals surface area contributed by atoms with Gasteiger partial charge in [-0.25, -0.2) is 0 Å². The maximum atomic E-state index is 11.6. The number of hydrogen-bond donors (Lipinski definition) is 0. The lowest BCUT2D eigenvalue weighted by molar-refractivity contribution is -0.120. The van der Waals surface area contributed by atoms with Gasteiger partial charge in [0, 0.05) is 0 Å². The second kappa shape index (κ2) is 4.08. The van der Waals surface area contributed by atoms with Gasteiger partial charge < -0.3 is 0 Å². The quantitative estimate of drug-likeness (QED) is 0.667. The van der Waals surface area contributed by atoms with E-state index in [1.165, 1.54) is 0 Å². The molecule has 0 aromatic carbocycles. The van der Waals surface area contributed by atoms with Gasteiger partial charge >= 0.3 is 0 Å². The Labute approximate surface area is 94.8 Å². The molecule has 0 heterocycles. The van der Waals surface area contributed by atoms with Crippen molar-refractivity contribution >= 4 is 29.0 Å². The first-order valence-corrected chi connectivity index (χ1v) is 5.48. The number of carbonyl (C=O) groups excluding carboxylic acids is 1. The highest BCUT2D eigenvalue weighted by molar-refractivity contribution is 6.46. The van der Waals surface area contributed by atoms with Crippen LogP contribution in [0.3, 0.4) is 0 Å². The third-order valence-electron chi connectivity index (χ3n) is 2.54. The van der Waals surface area contributed by atoms with E-state index in [0.29, 0.717) is 5.92 Å². The molecule has 1 rings (SSSR count). The summed E-state index contributed by atoms with van der Waals surface area (Å²) >= 11 is 11.7. The van der Waals surface area contributed by atoms with Crippen molar-refractivity contribution in [3.05, 3.63) is 23.8 Å². The Morgan fingerprint density at radius 2 is 1.86 bits per heavy atom. The highest BCUT2D eigenvalue weighted by Crippen LogP contribution is 2.37. The largest absolute Gasteiger partial charge is 0.294 e. The molecule has 14 heavy (non-hydrogen) atoms. The van der Waals surface area contributed by atoms with Gasteiger partial charge in [0.05, 0.1) is 5.41 Å². The standard InChI is InChI=1S/C11H14Cl2O/c1-7(2)8-4-5-9(14)11(3,6-8)10(12)13/h4-7,10H,1-3H3. The average Bonchev–Trinajstić information content (AvgIpc) is 2.09. The topological polar surface area (TPSA) is 17.1 Å². The summed E-state index contributed by atoms with van der Waals surface area (Å²) in [5.74, 6) is 0.350. The molecular weight excluding hydrogens is 219 g/mol. The second-order valence-electron chi connectivity index (χ2n) is 4.08. The molecule has 1 unspecified atom stereocenters. The fourth-order valence-electron chi connectivity index (χ4n) is 1.35. The van der Waals surface area contributed by atoms with Crippen LogP contribution in [0.1, 0.15) is 20.8 Å². The van der Waals surface area contributed by atoms with Crippen LogP contribution in [-0.2, 0) is 4.79 Å². The third kappa shape index (κ3) is 2.04. The molecule has 1 nitrogen and oxygen atoms in total. The molecule has 1 aliphatic rings. The van der Waals surface area contributed by atoms with E-state index in [-0.39, 0.29) is 5.78 Å². The van der Waals surface area contributed by atoms with Crippen LogP contribution in [0.5, 0.6) is 0 Å². The number of hydrogen-bond acceptors (Lipinski definition) is 1. The molecule has 1 atom stereocenters. The van der Waals surface area contributed by atoms with E-state index >= 15 is 0 Å². The molecule has 0 saturated heterocycles. The lowest BCUT2D eigenvalue weighted by Crippen LogP contribution is -2.33. The lowest BCUT2D eigenvalue weighted by Gasteiger charge is -2.29. The van der Waals surface area contributed by atoms with Gasteiger partial charge in [0.25, 0.3) is 0 Å². The Bertz CT molecular complexity index is 302. The maximum absolute atomic E-state index is 11.6. The number of ketones is 1. The Kier molecular flexibility index (Phi) is 3.44. The van der Waals surface area contributed by atoms with Crippen molar-refractivity contribution in [2.45, 2.75) is 25.6 Å². The first-order valence-electron chi connectivity index (χ1n) is 4.61. The molecule has 0 spiro atoms. The fraction of sp³-hybridized carbons (Fsp3) is 0.545. The van der Waals surface area contributed by atoms with Crippen molar-refractivity contribution in [2.24, 2.45) is 11.3 Å². The molecule has 1 aliphatic carbocycles. The number of halogens is 2. The molecule has 0 radical (unpaired) electrons. The fourth-order valence-corrected chi connectivity index (χ4v) is 1.69. The number of allylic oxidation sites excluding steroid dienone is 4. The van der Waals surface area contributed by atoms with E-state index in [0.717, 1.165) is 5.57 Å². The summed E-state index contributed by atoms with van der Waals surface area (Å²) < 4.78 is 0. The summed E-state index contributed by atoms with van der Waals surface area (Å²) in [6.45, 7) is 5.92. The number of alkyl halides is 2. The minimum Gasteiger partial charge on any atom is -0.294 e. The lowest BCUT2D eigenvalue weighted by atomic mass is 9.79. The highest BCUT2D eigenvalue weighted by atomic mass is 35.5. The SMILES string of the molecule is CC(C)C1=CC(C)(C(Cl)Cl)C(=O)C=C1. The summed E-state index contributed by atoms with van der Waals surface area (Å²) in [5, 5.41) is 0. The normalized spacial score (nSPS) is 27.4. The predicted octanol–water partition coefficient (Wildman–Crippen LogP) is 3.52. The summed E-state index contributed by atoms with van der Waals surface area (Å²) in [4.78, 5) is 10.9. The van der Waals surface area contributed by atoms with Crippen LogP contribution in [0.15, 0.2) is 23.8 Å². The molecule has 3 heteroatoms.